The van der Waals surface area contributed by atoms with Crippen LogP contribution in [-0.2, 0) is 39.7 Å². The van der Waals surface area contributed by atoms with Crippen LogP contribution in [0.25, 0.3) is 0 Å². The Hall–Kier alpha value is -3.47. The highest BCUT2D eigenvalue weighted by molar-refractivity contribution is 6.30. The number of cyclic esters (lactones) is 1. The van der Waals surface area contributed by atoms with Gasteiger partial charge in [-0.2, -0.15) is 10.2 Å². The van der Waals surface area contributed by atoms with Crippen LogP contribution in [0.5, 0.6) is 5.75 Å². The van der Waals surface area contributed by atoms with Gasteiger partial charge in [0.25, 0.3) is 0 Å². The van der Waals surface area contributed by atoms with Crippen LogP contribution in [0.15, 0.2) is 58.7 Å². The molecule has 2 aromatic carbocycles. The quantitative estimate of drug-likeness (QED) is 0.131. The van der Waals surface area contributed by atoms with Gasteiger partial charge < -0.3 is 48.6 Å². The van der Waals surface area contributed by atoms with Crippen LogP contribution in [-0.4, -0.2) is 132 Å². The molecule has 0 amide bonds. The van der Waals surface area contributed by atoms with Crippen LogP contribution in [0.3, 0.4) is 0 Å². The summed E-state index contributed by atoms with van der Waals surface area (Å²) in [5.41, 5.74) is -0.756. The van der Waals surface area contributed by atoms with Gasteiger partial charge in [-0.3, -0.25) is 9.59 Å². The summed E-state index contributed by atoms with van der Waals surface area (Å²) >= 11 is 6.16. The third-order valence-electron chi connectivity index (χ3n) is 12.9. The molecule has 0 radical (unpaired) electrons. The fourth-order valence-corrected chi connectivity index (χ4v) is 9.09. The van der Waals surface area contributed by atoms with Gasteiger partial charge in [-0.05, 0) is 109 Å². The molecule has 0 aromatic heterocycles. The summed E-state index contributed by atoms with van der Waals surface area (Å²) in [5, 5.41) is 45.9. The molecule has 346 valence electrons. The van der Waals surface area contributed by atoms with E-state index in [9.17, 15) is 24.9 Å². The van der Waals surface area contributed by atoms with E-state index in [0.29, 0.717) is 34.2 Å². The zero-order valence-corrected chi connectivity index (χ0v) is 39.5. The fourth-order valence-electron chi connectivity index (χ4n) is 8.97. The summed E-state index contributed by atoms with van der Waals surface area (Å²) in [6.45, 7) is 15.8. The van der Waals surface area contributed by atoms with Crippen molar-refractivity contribution in [1.82, 2.24) is 4.90 Å². The lowest BCUT2D eigenvalue weighted by Crippen LogP contribution is -2.60. The lowest BCUT2D eigenvalue weighted by molar-refractivity contribution is -0.301. The van der Waals surface area contributed by atoms with Gasteiger partial charge in [-0.1, -0.05) is 63.6 Å². The predicted molar refractivity (Wildman–Crippen MR) is 238 cm³/mol. The zero-order valence-electron chi connectivity index (χ0n) is 38.7. The van der Waals surface area contributed by atoms with E-state index in [1.165, 1.54) is 6.92 Å². The van der Waals surface area contributed by atoms with Gasteiger partial charge in [0.15, 0.2) is 6.29 Å². The Morgan fingerprint density at radius 2 is 1.61 bits per heavy atom. The van der Waals surface area contributed by atoms with Crippen LogP contribution in [0.1, 0.15) is 92.7 Å². The van der Waals surface area contributed by atoms with E-state index in [1.54, 1.807) is 71.4 Å². The maximum Gasteiger partial charge on any atom is 0.312 e. The molecule has 62 heavy (non-hydrogen) atoms. The Kier molecular flexibility index (Phi) is 18.1. The van der Waals surface area contributed by atoms with Crippen LogP contribution in [0.4, 0.5) is 0 Å². The number of aliphatic hydroxyl groups excluding tert-OH is 2. The largest absolute Gasteiger partial charge is 0.497 e. The van der Waals surface area contributed by atoms with Crippen LogP contribution in [0.2, 0.25) is 5.02 Å². The fraction of sp³-hybridized carbons (Fsp3) is 0.660. The molecule has 4 rings (SSSR count). The lowest BCUT2D eigenvalue weighted by Gasteiger charge is -2.48. The molecule has 0 saturated carbocycles. The molecule has 15 heteroatoms. The number of likely N-dealkylation sites (N-methyl/N-ethyl adjacent to an activating group) is 1. The van der Waals surface area contributed by atoms with Gasteiger partial charge in [0.2, 0.25) is 0 Å². The molecule has 14 unspecified atom stereocenters. The second-order valence-electron chi connectivity index (χ2n) is 17.9. The van der Waals surface area contributed by atoms with Crippen molar-refractivity contribution in [3.05, 3.63) is 64.7 Å². The maximum atomic E-state index is 14.4. The predicted octanol–water partition coefficient (Wildman–Crippen LogP) is 6.27. The molecule has 2 saturated heterocycles. The monoisotopic (exact) mass is 887 g/mol. The van der Waals surface area contributed by atoms with Crippen molar-refractivity contribution in [3.63, 3.8) is 0 Å². The Morgan fingerprint density at radius 1 is 0.984 bits per heavy atom. The number of carbonyl (C=O) groups excluding carboxylic acids is 2. The number of esters is 2. The first-order chi connectivity index (χ1) is 29.1. The minimum absolute atomic E-state index is 0.113. The number of hydrogen-bond donors (Lipinski definition) is 3. The summed E-state index contributed by atoms with van der Waals surface area (Å²) in [6.07, 6.45) is -6.57. The number of methoxy groups -OCH3 is 2. The molecular weight excluding hydrogens is 818 g/mol. The number of rotatable bonds is 11. The first-order valence-electron chi connectivity index (χ1n) is 21.6. The van der Waals surface area contributed by atoms with Crippen molar-refractivity contribution in [3.8, 4) is 5.75 Å². The minimum Gasteiger partial charge on any atom is -0.497 e. The molecule has 2 aliphatic heterocycles. The average molecular weight is 889 g/mol. The molecule has 2 fully saturated rings. The van der Waals surface area contributed by atoms with Crippen molar-refractivity contribution >= 4 is 35.0 Å². The summed E-state index contributed by atoms with van der Waals surface area (Å²) in [5.74, 6) is -3.97. The zero-order chi connectivity index (χ0) is 46.3. The molecule has 3 N–H and O–H groups in total. The van der Waals surface area contributed by atoms with Gasteiger partial charge in [0.1, 0.15) is 29.7 Å². The lowest BCUT2D eigenvalue weighted by atomic mass is 9.73. The molecular formula is C47H70ClN3O11. The number of hydrogen-bond acceptors (Lipinski definition) is 14. The Balaban J connectivity index is 1.91. The van der Waals surface area contributed by atoms with Crippen LogP contribution in [0, 0.1) is 23.7 Å². The summed E-state index contributed by atoms with van der Waals surface area (Å²) in [4.78, 5) is 30.2. The molecule has 2 aliphatic rings. The molecule has 2 heterocycles. The number of halogens is 1. The summed E-state index contributed by atoms with van der Waals surface area (Å²) in [6, 6.07) is 13.9. The third-order valence-corrected chi connectivity index (χ3v) is 13.1. The molecule has 0 bridgehead atoms. The van der Waals surface area contributed by atoms with Gasteiger partial charge in [0.05, 0.1) is 49.1 Å². The third kappa shape index (κ3) is 12.2. The van der Waals surface area contributed by atoms with E-state index < -0.39 is 83.6 Å². The first-order valence-corrected chi connectivity index (χ1v) is 22.0. The van der Waals surface area contributed by atoms with E-state index in [2.05, 4.69) is 5.10 Å². The Labute approximate surface area is 372 Å². The van der Waals surface area contributed by atoms with Crippen molar-refractivity contribution in [2.45, 2.75) is 148 Å². The van der Waals surface area contributed by atoms with E-state index in [1.807, 2.05) is 65.7 Å². The van der Waals surface area contributed by atoms with Crippen LogP contribution >= 0.6 is 11.6 Å². The van der Waals surface area contributed by atoms with E-state index in [4.69, 9.17) is 45.1 Å². The van der Waals surface area contributed by atoms with Crippen molar-refractivity contribution in [2.24, 2.45) is 33.9 Å². The summed E-state index contributed by atoms with van der Waals surface area (Å²) in [7, 11) is 6.86. The Bertz CT molecular complexity index is 1840. The van der Waals surface area contributed by atoms with Crippen molar-refractivity contribution in [1.29, 1.82) is 0 Å². The highest BCUT2D eigenvalue weighted by Crippen LogP contribution is 2.40. The Morgan fingerprint density at radius 3 is 2.18 bits per heavy atom. The van der Waals surface area contributed by atoms with E-state index in [-0.39, 0.29) is 31.4 Å². The maximum absolute atomic E-state index is 14.4. The standard InChI is InChI=1S/C47H70ClN3O11/c1-14-37-47(9,56)42(54)28(4)39(50-49-31(7)33-17-19-34(48)20-18-33)26(2)25-46(8,58-13)43(62-45-40(53)36(51(10)11)23-27(3)59-45)29(5)41(30(6)44(55)60-37)61-38(52)24-32-15-21-35(57-12)22-16-32/h15-22,26-30,36-37,40-43,45,53-54,56H,14,23-25H2,1-13H3. The topological polar surface area (TPSA) is 178 Å². The van der Waals surface area contributed by atoms with Gasteiger partial charge >= 0.3 is 11.9 Å². The van der Waals surface area contributed by atoms with Crippen LogP contribution < -0.4 is 4.74 Å². The summed E-state index contributed by atoms with van der Waals surface area (Å²) < 4.78 is 37.4. The SMILES string of the molecule is CCC1OC(=O)C(C)C(OC(=O)Cc2ccc(OC)cc2)C(C)C(OC2OC(C)CC(N(C)C)C2O)C(C)(OC)CC(C)C(=NN=C(C)c2ccc(Cl)cc2)C(C)C(O)C1(C)O. The van der Waals surface area contributed by atoms with E-state index >= 15 is 0 Å². The smallest absolute Gasteiger partial charge is 0.312 e. The second kappa shape index (κ2) is 21.9. The molecule has 14 nitrogen and oxygen atoms in total. The molecule has 0 aliphatic carbocycles. The number of aliphatic hydroxyl groups is 3. The first kappa shape index (κ1) is 51.2. The number of carbonyl (C=O) groups is 2. The number of benzene rings is 2. The molecule has 2 aromatic rings. The van der Waals surface area contributed by atoms with Crippen molar-refractivity contribution in [2.75, 3.05) is 28.3 Å². The molecule has 0 spiro atoms. The second-order valence-corrected chi connectivity index (χ2v) is 18.3. The number of ether oxygens (including phenoxy) is 6. The van der Waals surface area contributed by atoms with Gasteiger partial charge in [-0.15, -0.1) is 0 Å². The van der Waals surface area contributed by atoms with Gasteiger partial charge in [-0.25, -0.2) is 0 Å². The highest BCUT2D eigenvalue weighted by atomic mass is 35.5. The van der Waals surface area contributed by atoms with Gasteiger partial charge in [0, 0.05) is 35.7 Å². The van der Waals surface area contributed by atoms with E-state index in [0.717, 1.165) is 5.56 Å². The average Bonchev–Trinajstić information content (AvgIpc) is 3.23. The number of nitrogens with zero attached hydrogens (tertiary/aromatic N) is 3. The highest BCUT2D eigenvalue weighted by Gasteiger charge is 2.52. The minimum atomic E-state index is -1.96. The molecule has 14 atom stereocenters. The normalized spacial score (nSPS) is 36.2. The van der Waals surface area contributed by atoms with Crippen molar-refractivity contribution < 1.29 is 53.3 Å².